The Kier molecular flexibility index (Phi) is 3.78. The Morgan fingerprint density at radius 3 is 2.48 bits per heavy atom. The van der Waals surface area contributed by atoms with E-state index in [-0.39, 0.29) is 0 Å². The fourth-order valence-corrected chi connectivity index (χ4v) is 3.98. The minimum Gasteiger partial charge on any atom is -0.493 e. The van der Waals surface area contributed by atoms with E-state index in [1.54, 1.807) is 31.6 Å². The van der Waals surface area contributed by atoms with Crippen LogP contribution in [0.4, 0.5) is 5.69 Å². The molecule has 2 N–H and O–H groups in total. The maximum atomic E-state index is 6.20. The van der Waals surface area contributed by atoms with Crippen molar-refractivity contribution >= 4 is 43.0 Å². The molecule has 2 aromatic carbocycles. The van der Waals surface area contributed by atoms with Gasteiger partial charge in [0, 0.05) is 37.4 Å². The first-order valence-corrected chi connectivity index (χ1v) is 8.00. The van der Waals surface area contributed by atoms with E-state index in [0.717, 1.165) is 15.6 Å². The molecule has 0 unspecified atom stereocenters. The van der Waals surface area contributed by atoms with Gasteiger partial charge in [0.05, 0.1) is 14.2 Å². The normalized spacial score (nSPS) is 10.8. The number of anilines is 1. The fourth-order valence-electron chi connectivity index (χ4n) is 2.36. The molecule has 5 heteroatoms. The Morgan fingerprint density at radius 1 is 1.05 bits per heavy atom. The van der Waals surface area contributed by atoms with Crippen molar-refractivity contribution in [3.63, 3.8) is 0 Å². The van der Waals surface area contributed by atoms with Crippen LogP contribution in [0.15, 0.2) is 40.2 Å². The summed E-state index contributed by atoms with van der Waals surface area (Å²) in [5, 5.41) is 3.29. The molecule has 0 radical (unpaired) electrons. The molecule has 0 aliphatic carbocycles. The zero-order valence-electron chi connectivity index (χ0n) is 11.6. The molecule has 3 rings (SSSR count). The van der Waals surface area contributed by atoms with Crippen LogP contribution in [0, 0.1) is 0 Å². The van der Waals surface area contributed by atoms with Crippen LogP contribution in [0.2, 0.25) is 0 Å². The lowest BCUT2D eigenvalue weighted by atomic mass is 10.0. The van der Waals surface area contributed by atoms with Crippen LogP contribution < -0.4 is 15.2 Å². The van der Waals surface area contributed by atoms with Gasteiger partial charge in [-0.1, -0.05) is 12.1 Å². The molecule has 21 heavy (non-hydrogen) atoms. The van der Waals surface area contributed by atoms with Crippen LogP contribution in [-0.4, -0.2) is 14.2 Å². The number of ether oxygens (including phenoxy) is 2. The van der Waals surface area contributed by atoms with Gasteiger partial charge in [-0.25, -0.2) is 0 Å². The van der Waals surface area contributed by atoms with Crippen molar-refractivity contribution in [1.82, 2.24) is 0 Å². The monoisotopic (exact) mass is 363 g/mol. The van der Waals surface area contributed by atoms with E-state index in [1.165, 1.54) is 10.1 Å². The van der Waals surface area contributed by atoms with E-state index in [2.05, 4.69) is 27.4 Å². The number of halogens is 1. The van der Waals surface area contributed by atoms with E-state index in [4.69, 9.17) is 15.2 Å². The van der Waals surface area contributed by atoms with Gasteiger partial charge in [0.25, 0.3) is 0 Å². The van der Waals surface area contributed by atoms with E-state index >= 15 is 0 Å². The average molecular weight is 364 g/mol. The van der Waals surface area contributed by atoms with E-state index < -0.39 is 0 Å². The molecule has 0 saturated heterocycles. The average Bonchev–Trinajstić information content (AvgIpc) is 2.92. The zero-order valence-corrected chi connectivity index (χ0v) is 14.0. The lowest BCUT2D eigenvalue weighted by Gasteiger charge is -2.12. The number of thiophene rings is 1. The number of benzene rings is 2. The van der Waals surface area contributed by atoms with E-state index in [0.29, 0.717) is 17.2 Å². The molecule has 0 fully saturated rings. The lowest BCUT2D eigenvalue weighted by Crippen LogP contribution is -1.95. The zero-order chi connectivity index (χ0) is 15.0. The van der Waals surface area contributed by atoms with Gasteiger partial charge in [-0.3, -0.25) is 0 Å². The third-order valence-electron chi connectivity index (χ3n) is 3.40. The van der Waals surface area contributed by atoms with Crippen molar-refractivity contribution in [2.45, 2.75) is 0 Å². The second-order valence-electron chi connectivity index (χ2n) is 4.56. The number of methoxy groups -OCH3 is 2. The summed E-state index contributed by atoms with van der Waals surface area (Å²) in [5.74, 6) is 1.32. The molecule has 0 bridgehead atoms. The van der Waals surface area contributed by atoms with Gasteiger partial charge in [0.2, 0.25) is 0 Å². The van der Waals surface area contributed by atoms with Crippen molar-refractivity contribution < 1.29 is 9.47 Å². The second-order valence-corrected chi connectivity index (χ2v) is 6.29. The van der Waals surface area contributed by atoms with Crippen molar-refractivity contribution in [2.24, 2.45) is 0 Å². The molecule has 3 nitrogen and oxygen atoms in total. The summed E-state index contributed by atoms with van der Waals surface area (Å²) in [6, 6.07) is 9.90. The van der Waals surface area contributed by atoms with E-state index in [1.807, 2.05) is 18.2 Å². The number of hydrogen-bond acceptors (Lipinski definition) is 4. The van der Waals surface area contributed by atoms with Crippen LogP contribution in [0.3, 0.4) is 0 Å². The molecule has 0 saturated carbocycles. The molecule has 0 atom stereocenters. The highest BCUT2D eigenvalue weighted by Gasteiger charge is 2.14. The van der Waals surface area contributed by atoms with Crippen molar-refractivity contribution in [3.05, 3.63) is 40.2 Å². The Hall–Kier alpha value is -1.72. The smallest absolute Gasteiger partial charge is 0.162 e. The summed E-state index contributed by atoms with van der Waals surface area (Å²) in [6.45, 7) is 0. The Bertz CT molecular complexity index is 813. The highest BCUT2D eigenvalue weighted by molar-refractivity contribution is 9.10. The van der Waals surface area contributed by atoms with Crippen LogP contribution in [0.5, 0.6) is 11.5 Å². The molecule has 3 aromatic rings. The van der Waals surface area contributed by atoms with Crippen molar-refractivity contribution in [3.8, 4) is 22.6 Å². The van der Waals surface area contributed by atoms with E-state index in [9.17, 15) is 0 Å². The predicted molar refractivity (Wildman–Crippen MR) is 92.5 cm³/mol. The first-order valence-electron chi connectivity index (χ1n) is 6.33. The number of fused-ring (bicyclic) bond motifs is 1. The molecular weight excluding hydrogens is 350 g/mol. The quantitative estimate of drug-likeness (QED) is 0.670. The highest BCUT2D eigenvalue weighted by Crippen LogP contribution is 2.43. The Labute approximate surface area is 135 Å². The van der Waals surface area contributed by atoms with Crippen LogP contribution in [0.25, 0.3) is 21.2 Å². The summed E-state index contributed by atoms with van der Waals surface area (Å²) in [6.07, 6.45) is 0. The summed E-state index contributed by atoms with van der Waals surface area (Å²) < 4.78 is 13.0. The molecule has 0 aliphatic rings. The molecule has 1 heterocycles. The second kappa shape index (κ2) is 5.58. The van der Waals surface area contributed by atoms with Gasteiger partial charge in [-0.2, -0.15) is 0 Å². The van der Waals surface area contributed by atoms with Crippen LogP contribution in [0.1, 0.15) is 0 Å². The number of rotatable bonds is 3. The molecule has 0 amide bonds. The summed E-state index contributed by atoms with van der Waals surface area (Å²) >= 11 is 5.28. The van der Waals surface area contributed by atoms with Crippen LogP contribution in [-0.2, 0) is 0 Å². The highest BCUT2D eigenvalue weighted by atomic mass is 79.9. The molecule has 0 spiro atoms. The van der Waals surface area contributed by atoms with Crippen LogP contribution >= 0.6 is 27.3 Å². The van der Waals surface area contributed by atoms with Gasteiger partial charge in [-0.15, -0.1) is 11.3 Å². The predicted octanol–water partition coefficient (Wildman–Crippen LogP) is 4.93. The largest absolute Gasteiger partial charge is 0.493 e. The Morgan fingerprint density at radius 2 is 1.76 bits per heavy atom. The summed E-state index contributed by atoms with van der Waals surface area (Å²) in [4.78, 5) is 0. The van der Waals surface area contributed by atoms with Crippen molar-refractivity contribution in [1.29, 1.82) is 0 Å². The standard InChI is InChI=1S/C16H14BrNO2S/c1-19-14-6-10(13(18)7-15(14)20-2)11-8-21-16-9(11)4-3-5-12(16)17/h3-8H,18H2,1-2H3. The van der Waals surface area contributed by atoms with Crippen molar-refractivity contribution in [2.75, 3.05) is 20.0 Å². The SMILES string of the molecule is COc1cc(N)c(-c2csc3c(Br)cccc23)cc1OC. The Balaban J connectivity index is 2.25. The number of nitrogens with two attached hydrogens (primary N) is 1. The maximum Gasteiger partial charge on any atom is 0.162 e. The lowest BCUT2D eigenvalue weighted by molar-refractivity contribution is 0.355. The first-order chi connectivity index (χ1) is 10.2. The van der Waals surface area contributed by atoms with Gasteiger partial charge in [0.1, 0.15) is 0 Å². The number of hydrogen-bond donors (Lipinski definition) is 1. The topological polar surface area (TPSA) is 44.5 Å². The summed E-state index contributed by atoms with van der Waals surface area (Å²) in [5.41, 5.74) is 8.93. The summed E-state index contributed by atoms with van der Waals surface area (Å²) in [7, 11) is 3.23. The maximum absolute atomic E-state index is 6.20. The molecular formula is C16H14BrNO2S. The van der Waals surface area contributed by atoms with Gasteiger partial charge in [0.15, 0.2) is 11.5 Å². The minimum absolute atomic E-state index is 0.638. The third-order valence-corrected chi connectivity index (χ3v) is 5.35. The molecule has 108 valence electrons. The fraction of sp³-hybridized carbons (Fsp3) is 0.125. The minimum atomic E-state index is 0.638. The van der Waals surface area contributed by atoms with Gasteiger partial charge >= 0.3 is 0 Å². The molecule has 0 aliphatic heterocycles. The van der Waals surface area contributed by atoms with Gasteiger partial charge in [-0.05, 0) is 33.4 Å². The van der Waals surface area contributed by atoms with Gasteiger partial charge < -0.3 is 15.2 Å². The molecule has 1 aromatic heterocycles. The third kappa shape index (κ3) is 2.36. The number of nitrogen functional groups attached to an aromatic ring is 1. The first kappa shape index (κ1) is 14.2.